The van der Waals surface area contributed by atoms with Crippen molar-refractivity contribution in [1.82, 2.24) is 9.55 Å². The average Bonchev–Trinajstić information content (AvgIpc) is 3.45. The lowest BCUT2D eigenvalue weighted by Gasteiger charge is -2.41. The first kappa shape index (κ1) is 20.1. The van der Waals surface area contributed by atoms with Gasteiger partial charge in [-0.15, -0.1) is 0 Å². The Kier molecular flexibility index (Phi) is 5.27. The van der Waals surface area contributed by atoms with E-state index in [1.165, 1.54) is 19.3 Å². The maximum Gasteiger partial charge on any atom is 0.133 e. The number of ketones is 1. The van der Waals surface area contributed by atoms with Gasteiger partial charge in [0.2, 0.25) is 0 Å². The summed E-state index contributed by atoms with van der Waals surface area (Å²) in [4.78, 5) is 17.4. The van der Waals surface area contributed by atoms with Crippen LogP contribution in [0.15, 0.2) is 18.2 Å². The Morgan fingerprint density at radius 1 is 1.31 bits per heavy atom. The first-order chi connectivity index (χ1) is 13.8. The third kappa shape index (κ3) is 4.10. The average molecular weight is 392 g/mol. The van der Waals surface area contributed by atoms with Crippen LogP contribution >= 0.6 is 0 Å². The van der Waals surface area contributed by atoms with Gasteiger partial charge < -0.3 is 4.57 Å². The molecule has 0 N–H and O–H groups in total. The van der Waals surface area contributed by atoms with E-state index < -0.39 is 0 Å². The van der Waals surface area contributed by atoms with Gasteiger partial charge in [-0.2, -0.15) is 5.26 Å². The van der Waals surface area contributed by atoms with Crippen LogP contribution in [0.25, 0.3) is 11.0 Å². The van der Waals surface area contributed by atoms with E-state index in [4.69, 9.17) is 4.98 Å². The zero-order chi connectivity index (χ0) is 20.6. The maximum absolute atomic E-state index is 12.4. The van der Waals surface area contributed by atoms with Crippen LogP contribution in [0.5, 0.6) is 0 Å². The fraction of sp³-hybridized carbons (Fsp3) is 0.640. The molecule has 1 aromatic carbocycles. The molecule has 4 heteroatoms. The number of benzene rings is 1. The fourth-order valence-electron chi connectivity index (χ4n) is 5.09. The molecule has 0 atom stereocenters. The molecule has 2 saturated carbocycles. The molecule has 0 saturated heterocycles. The van der Waals surface area contributed by atoms with E-state index >= 15 is 0 Å². The number of hydrogen-bond acceptors (Lipinski definition) is 3. The molecule has 0 amide bonds. The van der Waals surface area contributed by atoms with Crippen LogP contribution < -0.4 is 0 Å². The third-order valence-corrected chi connectivity index (χ3v) is 7.26. The molecule has 1 heterocycles. The Morgan fingerprint density at radius 2 is 2.07 bits per heavy atom. The normalized spacial score (nSPS) is 18.4. The summed E-state index contributed by atoms with van der Waals surface area (Å²) in [5.41, 5.74) is 3.06. The van der Waals surface area contributed by atoms with Crippen molar-refractivity contribution >= 4 is 16.8 Å². The Labute approximate surface area is 174 Å². The predicted molar refractivity (Wildman–Crippen MR) is 116 cm³/mol. The Balaban J connectivity index is 1.42. The van der Waals surface area contributed by atoms with Crippen molar-refractivity contribution < 1.29 is 4.79 Å². The van der Waals surface area contributed by atoms with E-state index in [2.05, 4.69) is 31.4 Å². The maximum atomic E-state index is 12.4. The van der Waals surface area contributed by atoms with Crippen LogP contribution in [0.1, 0.15) is 89.9 Å². The standard InChI is InChI=1S/C25H33N3O/c1-24(2,19-10-11-19)16-20(29)7-4-5-8-23-27-21-12-9-18(17-26)15-22(21)28(23)25(3)13-6-14-25/h9,12,15,19H,4-8,10-11,13-14,16H2,1-3H3. The lowest BCUT2D eigenvalue weighted by molar-refractivity contribution is -0.121. The highest BCUT2D eigenvalue weighted by Crippen LogP contribution is 2.47. The topological polar surface area (TPSA) is 58.7 Å². The van der Waals surface area contributed by atoms with Gasteiger partial charge in [0, 0.05) is 24.8 Å². The first-order valence-corrected chi connectivity index (χ1v) is 11.3. The quantitative estimate of drug-likeness (QED) is 0.499. The molecule has 154 valence electrons. The Hall–Kier alpha value is -2.15. The van der Waals surface area contributed by atoms with E-state index in [1.54, 1.807) is 0 Å². The van der Waals surface area contributed by atoms with E-state index in [9.17, 15) is 10.1 Å². The van der Waals surface area contributed by atoms with Crippen molar-refractivity contribution in [2.45, 2.75) is 90.5 Å². The number of hydrogen-bond donors (Lipinski definition) is 0. The molecule has 0 spiro atoms. The van der Waals surface area contributed by atoms with Gasteiger partial charge in [-0.3, -0.25) is 4.79 Å². The monoisotopic (exact) mass is 391 g/mol. The summed E-state index contributed by atoms with van der Waals surface area (Å²) in [5.74, 6) is 2.29. The molecule has 0 radical (unpaired) electrons. The van der Waals surface area contributed by atoms with Crippen molar-refractivity contribution in [3.63, 3.8) is 0 Å². The lowest BCUT2D eigenvalue weighted by Crippen LogP contribution is -2.38. The number of aryl methyl sites for hydroxylation is 1. The molecule has 2 aromatic rings. The summed E-state index contributed by atoms with van der Waals surface area (Å²) in [7, 11) is 0. The highest BCUT2D eigenvalue weighted by atomic mass is 16.1. The van der Waals surface area contributed by atoms with Crippen molar-refractivity contribution in [3.8, 4) is 6.07 Å². The smallest absolute Gasteiger partial charge is 0.133 e. The van der Waals surface area contributed by atoms with E-state index in [1.807, 2.05) is 18.2 Å². The molecule has 0 unspecified atom stereocenters. The SMILES string of the molecule is CC(C)(CC(=O)CCCCc1nc2ccc(C#N)cc2n1C1(C)CCC1)C1CC1. The second kappa shape index (κ2) is 7.59. The van der Waals surface area contributed by atoms with Crippen LogP contribution in [-0.4, -0.2) is 15.3 Å². The van der Waals surface area contributed by atoms with Crippen molar-refractivity contribution in [2.24, 2.45) is 11.3 Å². The predicted octanol–water partition coefficient (Wildman–Crippen LogP) is 5.92. The van der Waals surface area contributed by atoms with Crippen LogP contribution in [-0.2, 0) is 16.8 Å². The molecular formula is C25H33N3O. The van der Waals surface area contributed by atoms with Gasteiger partial charge in [-0.25, -0.2) is 4.98 Å². The number of nitrogens with zero attached hydrogens (tertiary/aromatic N) is 3. The molecule has 29 heavy (non-hydrogen) atoms. The molecule has 2 aliphatic rings. The van der Waals surface area contributed by atoms with Gasteiger partial charge in [0.25, 0.3) is 0 Å². The second-order valence-corrected chi connectivity index (χ2v) is 10.2. The number of fused-ring (bicyclic) bond motifs is 1. The summed E-state index contributed by atoms with van der Waals surface area (Å²) in [6.45, 7) is 6.81. The lowest BCUT2D eigenvalue weighted by atomic mass is 9.78. The summed E-state index contributed by atoms with van der Waals surface area (Å²) in [5, 5.41) is 9.30. The summed E-state index contributed by atoms with van der Waals surface area (Å²) >= 11 is 0. The van der Waals surface area contributed by atoms with Crippen LogP contribution in [0, 0.1) is 22.7 Å². The summed E-state index contributed by atoms with van der Waals surface area (Å²) in [6.07, 6.45) is 10.4. The van der Waals surface area contributed by atoms with Crippen LogP contribution in [0.3, 0.4) is 0 Å². The second-order valence-electron chi connectivity index (χ2n) is 10.2. The van der Waals surface area contributed by atoms with E-state index in [0.29, 0.717) is 17.8 Å². The molecule has 0 aliphatic heterocycles. The zero-order valence-corrected chi connectivity index (χ0v) is 18.1. The number of Topliss-reactive ketones (excluding diaryl/α,β-unsaturated/α-hetero) is 1. The molecule has 4 rings (SSSR count). The van der Waals surface area contributed by atoms with Gasteiger partial charge in [0.05, 0.1) is 22.7 Å². The van der Waals surface area contributed by atoms with E-state index in [0.717, 1.165) is 61.3 Å². The number of rotatable bonds is 9. The molecule has 4 nitrogen and oxygen atoms in total. The third-order valence-electron chi connectivity index (χ3n) is 7.26. The molecular weight excluding hydrogens is 358 g/mol. The fourth-order valence-corrected chi connectivity index (χ4v) is 5.09. The number of nitriles is 1. The zero-order valence-electron chi connectivity index (χ0n) is 18.1. The summed E-state index contributed by atoms with van der Waals surface area (Å²) < 4.78 is 2.39. The number of carbonyl (C=O) groups excluding carboxylic acids is 1. The van der Waals surface area contributed by atoms with Gasteiger partial charge in [-0.1, -0.05) is 13.8 Å². The largest absolute Gasteiger partial charge is 0.322 e. The number of imidazole rings is 1. The molecule has 2 aliphatic carbocycles. The minimum atomic E-state index is 0.113. The van der Waals surface area contributed by atoms with Gasteiger partial charge in [0.15, 0.2) is 0 Å². The van der Waals surface area contributed by atoms with Gasteiger partial charge in [-0.05, 0) is 81.4 Å². The Bertz CT molecular complexity index is 954. The molecule has 0 bridgehead atoms. The van der Waals surface area contributed by atoms with Crippen LogP contribution in [0.4, 0.5) is 0 Å². The van der Waals surface area contributed by atoms with E-state index in [-0.39, 0.29) is 11.0 Å². The Morgan fingerprint density at radius 3 is 2.69 bits per heavy atom. The summed E-state index contributed by atoms with van der Waals surface area (Å²) in [6, 6.07) is 8.07. The number of unbranched alkanes of at least 4 members (excludes halogenated alkanes) is 1. The molecule has 1 aromatic heterocycles. The minimum absolute atomic E-state index is 0.113. The van der Waals surface area contributed by atoms with Gasteiger partial charge in [0.1, 0.15) is 11.6 Å². The van der Waals surface area contributed by atoms with Gasteiger partial charge >= 0.3 is 0 Å². The first-order valence-electron chi connectivity index (χ1n) is 11.3. The molecule has 2 fully saturated rings. The minimum Gasteiger partial charge on any atom is -0.322 e. The van der Waals surface area contributed by atoms with Crippen LogP contribution in [0.2, 0.25) is 0 Å². The number of aromatic nitrogens is 2. The van der Waals surface area contributed by atoms with Crippen molar-refractivity contribution in [1.29, 1.82) is 5.26 Å². The highest BCUT2D eigenvalue weighted by molar-refractivity contribution is 5.79. The van der Waals surface area contributed by atoms with Crippen molar-refractivity contribution in [3.05, 3.63) is 29.6 Å². The highest BCUT2D eigenvalue weighted by Gasteiger charge is 2.39. The van der Waals surface area contributed by atoms with Crippen molar-refractivity contribution in [2.75, 3.05) is 0 Å². The number of carbonyl (C=O) groups is 1.